The minimum absolute atomic E-state index is 0. The van der Waals surface area contributed by atoms with Crippen molar-refractivity contribution in [2.45, 2.75) is 320 Å². The highest BCUT2D eigenvalue weighted by molar-refractivity contribution is 5.15. The van der Waals surface area contributed by atoms with Gasteiger partial charge in [-0.1, -0.05) is 129 Å². The van der Waals surface area contributed by atoms with Crippen molar-refractivity contribution in [2.24, 2.45) is 139 Å². The Kier molecular flexibility index (Phi) is 19.1. The Balaban J connectivity index is 0.000000141. The molecular formula is C73H130O5. The lowest BCUT2D eigenvalue weighted by atomic mass is 9.43. The summed E-state index contributed by atoms with van der Waals surface area (Å²) >= 11 is 0. The summed E-state index contributed by atoms with van der Waals surface area (Å²) in [5.74, 6) is 14.0. The molecule has 0 aliphatic heterocycles. The average Bonchev–Trinajstić information content (AvgIpc) is 4.24. The molecule has 0 spiro atoms. The zero-order chi connectivity index (χ0) is 55.2. The molecule has 29 atom stereocenters. The highest BCUT2D eigenvalue weighted by Crippen LogP contribution is 2.72. The molecule has 12 aliphatic carbocycles. The third-order valence-electron chi connectivity index (χ3n) is 30.5. The minimum Gasteiger partial charge on any atom is -0.393 e. The fourth-order valence-electron chi connectivity index (χ4n) is 26.5. The van der Waals surface area contributed by atoms with Gasteiger partial charge in [-0.3, -0.25) is 0 Å². The Morgan fingerprint density at radius 2 is 0.628 bits per heavy atom. The lowest BCUT2D eigenvalue weighted by molar-refractivity contribution is -0.174. The number of hydrogen-bond donors (Lipinski definition) is 5. The monoisotopic (exact) mass is 1090 g/mol. The van der Waals surface area contributed by atoms with Crippen molar-refractivity contribution in [1.29, 1.82) is 0 Å². The average molecular weight is 1090 g/mol. The predicted octanol–water partition coefficient (Wildman–Crippen LogP) is 17.9. The summed E-state index contributed by atoms with van der Waals surface area (Å²) in [5, 5.41) is 53.1. The minimum atomic E-state index is -0.131. The van der Waals surface area contributed by atoms with Crippen LogP contribution in [0.2, 0.25) is 0 Å². The van der Waals surface area contributed by atoms with Crippen LogP contribution >= 0.6 is 0 Å². The van der Waals surface area contributed by atoms with E-state index in [0.717, 1.165) is 122 Å². The van der Waals surface area contributed by atoms with E-state index >= 15 is 0 Å². The Morgan fingerprint density at radius 1 is 0.333 bits per heavy atom. The summed E-state index contributed by atoms with van der Waals surface area (Å²) < 4.78 is 0. The second-order valence-corrected chi connectivity index (χ2v) is 33.5. The third-order valence-corrected chi connectivity index (χ3v) is 30.5. The Hall–Kier alpha value is -0.200. The molecule has 0 radical (unpaired) electrons. The number of hydrogen-bond acceptors (Lipinski definition) is 5. The van der Waals surface area contributed by atoms with Crippen LogP contribution in [0.25, 0.3) is 0 Å². The highest BCUT2D eigenvalue weighted by Gasteiger charge is 2.66. The van der Waals surface area contributed by atoms with Crippen LogP contribution < -0.4 is 0 Å². The largest absolute Gasteiger partial charge is 0.393 e. The number of aliphatic hydroxyl groups is 5. The Bertz CT molecular complexity index is 1860. The smallest absolute Gasteiger partial charge is 0.0577 e. The van der Waals surface area contributed by atoms with Crippen molar-refractivity contribution in [2.75, 3.05) is 0 Å². The van der Waals surface area contributed by atoms with Crippen LogP contribution in [0.4, 0.5) is 0 Å². The van der Waals surface area contributed by atoms with Gasteiger partial charge >= 0.3 is 0 Å². The van der Waals surface area contributed by atoms with E-state index in [0.29, 0.717) is 68.0 Å². The molecule has 0 heterocycles. The summed E-state index contributed by atoms with van der Waals surface area (Å²) in [7, 11) is 0. The van der Waals surface area contributed by atoms with Gasteiger partial charge in [0.15, 0.2) is 0 Å². The summed E-state index contributed by atoms with van der Waals surface area (Å²) in [4.78, 5) is 0. The molecule has 0 bridgehead atoms. The second kappa shape index (κ2) is 23.9. The lowest BCUT2D eigenvalue weighted by Crippen LogP contribution is -2.58. The van der Waals surface area contributed by atoms with Gasteiger partial charge in [0, 0.05) is 0 Å². The van der Waals surface area contributed by atoms with Gasteiger partial charge in [-0.05, 0) is 300 Å². The number of rotatable bonds is 9. The molecule has 0 saturated heterocycles. The molecule has 0 aromatic heterocycles. The van der Waals surface area contributed by atoms with Crippen LogP contribution in [-0.4, -0.2) is 56.1 Å². The molecule has 0 aromatic rings. The van der Waals surface area contributed by atoms with E-state index in [9.17, 15) is 25.5 Å². The fourth-order valence-corrected chi connectivity index (χ4v) is 26.5. The van der Waals surface area contributed by atoms with Crippen molar-refractivity contribution >= 4 is 0 Å². The number of fused-ring (bicyclic) bond motifs is 15. The summed E-state index contributed by atoms with van der Waals surface area (Å²) in [5.41, 5.74) is 2.79. The first-order chi connectivity index (χ1) is 36.5. The maximum absolute atomic E-state index is 11.3. The molecule has 9 unspecified atom stereocenters. The zero-order valence-electron chi connectivity index (χ0n) is 52.4. The van der Waals surface area contributed by atoms with E-state index in [2.05, 4.69) is 83.1 Å². The van der Waals surface area contributed by atoms with E-state index in [4.69, 9.17) is 0 Å². The van der Waals surface area contributed by atoms with E-state index in [-0.39, 0.29) is 37.9 Å². The fraction of sp³-hybridized carbons (Fsp3) is 1.00. The van der Waals surface area contributed by atoms with Crippen LogP contribution in [0.3, 0.4) is 0 Å². The maximum atomic E-state index is 11.3. The molecule has 78 heavy (non-hydrogen) atoms. The van der Waals surface area contributed by atoms with Crippen molar-refractivity contribution in [3.05, 3.63) is 0 Å². The van der Waals surface area contributed by atoms with Crippen molar-refractivity contribution < 1.29 is 25.5 Å². The molecule has 0 amide bonds. The van der Waals surface area contributed by atoms with Gasteiger partial charge in [0.05, 0.1) is 30.5 Å². The molecule has 12 rings (SSSR count). The number of aliphatic hydroxyl groups excluding tert-OH is 5. The molecule has 12 fully saturated rings. The molecule has 5 heteroatoms. The van der Waals surface area contributed by atoms with Crippen molar-refractivity contribution in [3.8, 4) is 0 Å². The van der Waals surface area contributed by atoms with Gasteiger partial charge in [0.2, 0.25) is 0 Å². The molecule has 12 aliphatic rings. The molecule has 5 N–H and O–H groups in total. The standard InChI is InChI=1S/2C24H42O2.C24H42O.CH4/c2*1-5-6-15(2)18-7-8-19-22-20(10-12-24(18,19)4)23(3)11-9-17(25)13-16(23)14-21(22)26;1-5-6-16(2)20-9-10-21-19-8-7-17-15-18(25)11-13-23(17,3)22(19)12-14-24(20,21)4;/h2*15-22,25-26H,5-14H2,1-4H3;16-22,25H,5-15H2,1-4H3;1H4/t15-,16+,17-,18-,19?,20?,21+,22?,23+,24-;15-,16+,17-,18-,19?,20?,21-,22?,23+,24-;16-,17-,18-,19?,20-,21?,22?,23+,24-;/m111./s1. The molecule has 452 valence electrons. The molecule has 5 nitrogen and oxygen atoms in total. The summed E-state index contributed by atoms with van der Waals surface area (Å²) in [6.45, 7) is 30.1. The van der Waals surface area contributed by atoms with Crippen LogP contribution in [0.1, 0.15) is 290 Å². The summed E-state index contributed by atoms with van der Waals surface area (Å²) in [6.07, 6.45) is 38.7. The first-order valence-corrected chi connectivity index (χ1v) is 34.9. The van der Waals surface area contributed by atoms with Gasteiger partial charge < -0.3 is 25.5 Å². The van der Waals surface area contributed by atoms with Crippen molar-refractivity contribution in [3.63, 3.8) is 0 Å². The third kappa shape index (κ3) is 10.5. The first kappa shape index (κ1) is 62.3. The summed E-state index contributed by atoms with van der Waals surface area (Å²) in [6, 6.07) is 0. The maximum Gasteiger partial charge on any atom is 0.0577 e. The topological polar surface area (TPSA) is 101 Å². The van der Waals surface area contributed by atoms with Gasteiger partial charge in [0.1, 0.15) is 0 Å². The Labute approximate surface area is 482 Å². The molecule has 0 aromatic carbocycles. The zero-order valence-corrected chi connectivity index (χ0v) is 52.4. The van der Waals surface area contributed by atoms with E-state index in [1.807, 2.05) is 0 Å². The first-order valence-electron chi connectivity index (χ1n) is 34.9. The quantitative estimate of drug-likeness (QED) is 0.158. The van der Waals surface area contributed by atoms with Crippen LogP contribution in [-0.2, 0) is 0 Å². The Morgan fingerprint density at radius 3 is 1.01 bits per heavy atom. The van der Waals surface area contributed by atoms with Gasteiger partial charge in [-0.2, -0.15) is 0 Å². The van der Waals surface area contributed by atoms with Crippen molar-refractivity contribution in [1.82, 2.24) is 0 Å². The van der Waals surface area contributed by atoms with Crippen LogP contribution in [0.5, 0.6) is 0 Å². The van der Waals surface area contributed by atoms with Crippen LogP contribution in [0.15, 0.2) is 0 Å². The van der Waals surface area contributed by atoms with Gasteiger partial charge in [-0.25, -0.2) is 0 Å². The van der Waals surface area contributed by atoms with Gasteiger partial charge in [-0.15, -0.1) is 0 Å². The van der Waals surface area contributed by atoms with Crippen LogP contribution in [0, 0.1) is 139 Å². The van der Waals surface area contributed by atoms with E-state index in [1.54, 1.807) is 0 Å². The highest BCUT2D eigenvalue weighted by atomic mass is 16.3. The second-order valence-electron chi connectivity index (χ2n) is 33.5. The van der Waals surface area contributed by atoms with Gasteiger partial charge in [0.25, 0.3) is 0 Å². The SMILES string of the molecule is C.CCC[C@@H](C)[C@H]1CCC2C3C(CC[C@@]21C)[C@@]1(C)CC[C@@H](O)C[C@H]1C[C@@H]3O.CCC[C@@H](C)[C@H]1CCC2C3C(CC[C@@]21C)[C@@]1(C)CC[C@@H](O)C[C@H]1C[C@H]3O.CCC[C@@H](C)[C@H]1CCC2C3CC[C@@H]4C[C@H](O)CC[C@]4(C)C3CC[C@@]21C. The normalized spacial score (nSPS) is 53.8. The van der Waals surface area contributed by atoms with E-state index < -0.39 is 0 Å². The lowest BCUT2D eigenvalue weighted by Gasteiger charge is -2.62. The predicted molar refractivity (Wildman–Crippen MR) is 325 cm³/mol. The molecular weight excluding hydrogens is 957 g/mol. The molecule has 12 saturated carbocycles. The van der Waals surface area contributed by atoms with E-state index in [1.165, 1.54) is 148 Å².